The lowest BCUT2D eigenvalue weighted by Crippen LogP contribution is -2.25. The van der Waals surface area contributed by atoms with E-state index in [0.29, 0.717) is 10.9 Å². The number of pyridine rings is 1. The first-order chi connectivity index (χ1) is 13.0. The van der Waals surface area contributed by atoms with E-state index < -0.39 is 9.84 Å². The van der Waals surface area contributed by atoms with Gasteiger partial charge in [-0.3, -0.25) is 9.88 Å². The predicted molar refractivity (Wildman–Crippen MR) is 109 cm³/mol. The van der Waals surface area contributed by atoms with Crippen molar-refractivity contribution in [3.63, 3.8) is 0 Å². The van der Waals surface area contributed by atoms with Crippen molar-refractivity contribution < 1.29 is 8.42 Å². The number of hydrogen-bond donors (Lipinski definition) is 1. The molecular weight excluding hydrogens is 358 g/mol. The topological polar surface area (TPSA) is 62.3 Å². The van der Waals surface area contributed by atoms with E-state index >= 15 is 0 Å². The standard InChI is InChI=1S/C21H23N3O2S/c1-27(25,26)21-6-2-16(3-7-21)14-24-11-9-20(15-24)23-19-5-4-18-13-22-10-8-17(18)12-19/h2-8,10,12-13,20,23H,9,11,14-15H2,1H3/t20-/m1/s1. The Morgan fingerprint density at radius 2 is 1.93 bits per heavy atom. The Balaban J connectivity index is 1.36. The number of fused-ring (bicyclic) bond motifs is 1. The summed E-state index contributed by atoms with van der Waals surface area (Å²) in [7, 11) is -3.13. The SMILES string of the molecule is CS(=O)(=O)c1ccc(CN2CC[C@@H](Nc3ccc4cnccc4c3)C2)cc1. The van der Waals surface area contributed by atoms with E-state index in [0.717, 1.165) is 42.7 Å². The summed E-state index contributed by atoms with van der Waals surface area (Å²) in [5, 5.41) is 5.97. The van der Waals surface area contributed by atoms with E-state index in [2.05, 4.69) is 33.4 Å². The first-order valence-electron chi connectivity index (χ1n) is 9.09. The molecule has 1 aromatic heterocycles. The van der Waals surface area contributed by atoms with Gasteiger partial charge in [-0.2, -0.15) is 0 Å². The van der Waals surface area contributed by atoms with Crippen LogP contribution in [-0.4, -0.2) is 43.7 Å². The summed E-state index contributed by atoms with van der Waals surface area (Å²) >= 11 is 0. The van der Waals surface area contributed by atoms with Crippen molar-refractivity contribution in [2.24, 2.45) is 0 Å². The minimum atomic E-state index is -3.13. The van der Waals surface area contributed by atoms with Crippen LogP contribution in [0, 0.1) is 0 Å². The molecule has 1 N–H and O–H groups in total. The van der Waals surface area contributed by atoms with Crippen LogP contribution in [0.3, 0.4) is 0 Å². The number of nitrogens with one attached hydrogen (secondary N) is 1. The molecule has 2 aromatic carbocycles. The molecule has 140 valence electrons. The zero-order valence-corrected chi connectivity index (χ0v) is 16.1. The number of rotatable bonds is 5. The number of sulfone groups is 1. The van der Waals surface area contributed by atoms with Gasteiger partial charge in [0, 0.05) is 55.4 Å². The molecule has 5 nitrogen and oxygen atoms in total. The Bertz CT molecular complexity index is 1050. The van der Waals surface area contributed by atoms with Crippen LogP contribution >= 0.6 is 0 Å². The van der Waals surface area contributed by atoms with Crippen LogP contribution in [0.1, 0.15) is 12.0 Å². The van der Waals surface area contributed by atoms with Crippen LogP contribution < -0.4 is 5.32 Å². The summed E-state index contributed by atoms with van der Waals surface area (Å²) < 4.78 is 23.1. The number of nitrogens with zero attached hydrogens (tertiary/aromatic N) is 2. The van der Waals surface area contributed by atoms with Crippen molar-refractivity contribution in [1.29, 1.82) is 0 Å². The molecule has 0 aliphatic carbocycles. The van der Waals surface area contributed by atoms with Crippen molar-refractivity contribution >= 4 is 26.3 Å². The van der Waals surface area contributed by atoms with Crippen LogP contribution in [0.4, 0.5) is 5.69 Å². The third-order valence-electron chi connectivity index (χ3n) is 5.04. The highest BCUT2D eigenvalue weighted by atomic mass is 32.2. The summed E-state index contributed by atoms with van der Waals surface area (Å²) in [6.45, 7) is 2.84. The Kier molecular flexibility index (Phi) is 4.85. The summed E-state index contributed by atoms with van der Waals surface area (Å²) in [6.07, 6.45) is 6.03. The number of benzene rings is 2. The fourth-order valence-electron chi connectivity index (χ4n) is 3.60. The summed E-state index contributed by atoms with van der Waals surface area (Å²) in [5.74, 6) is 0. The lowest BCUT2D eigenvalue weighted by molar-refractivity contribution is 0.328. The van der Waals surface area contributed by atoms with Gasteiger partial charge >= 0.3 is 0 Å². The van der Waals surface area contributed by atoms with E-state index in [4.69, 9.17) is 0 Å². The number of likely N-dealkylation sites (tertiary alicyclic amines) is 1. The summed E-state index contributed by atoms with van der Waals surface area (Å²) in [5.41, 5.74) is 2.28. The molecule has 0 radical (unpaired) electrons. The third kappa shape index (κ3) is 4.28. The smallest absolute Gasteiger partial charge is 0.175 e. The van der Waals surface area contributed by atoms with E-state index in [1.807, 2.05) is 30.6 Å². The molecule has 6 heteroatoms. The zero-order valence-electron chi connectivity index (χ0n) is 15.3. The summed E-state index contributed by atoms with van der Waals surface area (Å²) in [4.78, 5) is 6.93. The minimum Gasteiger partial charge on any atom is -0.381 e. The van der Waals surface area contributed by atoms with Crippen LogP contribution in [0.2, 0.25) is 0 Å². The molecule has 0 saturated carbocycles. The fourth-order valence-corrected chi connectivity index (χ4v) is 4.23. The highest BCUT2D eigenvalue weighted by molar-refractivity contribution is 7.90. The fraction of sp³-hybridized carbons (Fsp3) is 0.286. The average molecular weight is 382 g/mol. The van der Waals surface area contributed by atoms with Gasteiger partial charge in [-0.25, -0.2) is 8.42 Å². The van der Waals surface area contributed by atoms with Gasteiger partial charge in [0.2, 0.25) is 0 Å². The molecule has 3 aromatic rings. The van der Waals surface area contributed by atoms with Gasteiger partial charge in [0.1, 0.15) is 0 Å². The normalized spacial score (nSPS) is 18.0. The van der Waals surface area contributed by atoms with Crippen molar-refractivity contribution in [3.05, 3.63) is 66.5 Å². The highest BCUT2D eigenvalue weighted by Gasteiger charge is 2.22. The summed E-state index contributed by atoms with van der Waals surface area (Å²) in [6, 6.07) is 16.0. The number of hydrogen-bond acceptors (Lipinski definition) is 5. The second kappa shape index (κ2) is 7.29. The quantitative estimate of drug-likeness (QED) is 0.735. The first kappa shape index (κ1) is 17.9. The molecule has 0 spiro atoms. The van der Waals surface area contributed by atoms with Crippen molar-refractivity contribution in [3.8, 4) is 0 Å². The lowest BCUT2D eigenvalue weighted by atomic mass is 10.1. The van der Waals surface area contributed by atoms with Crippen LogP contribution in [0.25, 0.3) is 10.8 Å². The molecule has 0 amide bonds. The van der Waals surface area contributed by atoms with Gasteiger partial charge < -0.3 is 5.32 Å². The molecular formula is C21H23N3O2S. The number of anilines is 1. The second-order valence-corrected chi connectivity index (χ2v) is 9.23. The Morgan fingerprint density at radius 1 is 1.11 bits per heavy atom. The second-order valence-electron chi connectivity index (χ2n) is 7.22. The Hall–Kier alpha value is -2.44. The molecule has 0 unspecified atom stereocenters. The third-order valence-corrected chi connectivity index (χ3v) is 6.17. The average Bonchev–Trinajstić information content (AvgIpc) is 3.08. The maximum Gasteiger partial charge on any atom is 0.175 e. The Labute approximate surface area is 160 Å². The van der Waals surface area contributed by atoms with Crippen molar-refractivity contribution in [2.75, 3.05) is 24.7 Å². The minimum absolute atomic E-state index is 0.374. The zero-order chi connectivity index (χ0) is 18.9. The van der Waals surface area contributed by atoms with Gasteiger partial charge in [-0.15, -0.1) is 0 Å². The maximum absolute atomic E-state index is 11.6. The monoisotopic (exact) mass is 381 g/mol. The predicted octanol–water partition coefficient (Wildman–Crippen LogP) is 3.32. The van der Waals surface area contributed by atoms with Crippen LogP contribution in [-0.2, 0) is 16.4 Å². The first-order valence-corrected chi connectivity index (χ1v) is 11.0. The van der Waals surface area contributed by atoms with E-state index in [1.54, 1.807) is 12.1 Å². The largest absolute Gasteiger partial charge is 0.381 e. The van der Waals surface area contributed by atoms with Crippen molar-refractivity contribution in [1.82, 2.24) is 9.88 Å². The molecule has 2 heterocycles. The van der Waals surface area contributed by atoms with E-state index in [-0.39, 0.29) is 0 Å². The molecule has 1 aliphatic heterocycles. The van der Waals surface area contributed by atoms with Gasteiger partial charge in [-0.05, 0) is 47.7 Å². The molecule has 1 aliphatic rings. The molecule has 1 saturated heterocycles. The van der Waals surface area contributed by atoms with Gasteiger partial charge in [-0.1, -0.05) is 18.2 Å². The molecule has 1 fully saturated rings. The van der Waals surface area contributed by atoms with E-state index in [9.17, 15) is 8.42 Å². The van der Waals surface area contributed by atoms with Gasteiger partial charge in [0.15, 0.2) is 9.84 Å². The van der Waals surface area contributed by atoms with Gasteiger partial charge in [0.25, 0.3) is 0 Å². The van der Waals surface area contributed by atoms with Crippen LogP contribution in [0.15, 0.2) is 65.8 Å². The molecule has 1 atom stereocenters. The van der Waals surface area contributed by atoms with Crippen molar-refractivity contribution in [2.45, 2.75) is 23.9 Å². The van der Waals surface area contributed by atoms with Crippen LogP contribution in [0.5, 0.6) is 0 Å². The molecule has 27 heavy (non-hydrogen) atoms. The van der Waals surface area contributed by atoms with E-state index in [1.165, 1.54) is 11.6 Å². The maximum atomic E-state index is 11.6. The van der Waals surface area contributed by atoms with Gasteiger partial charge in [0.05, 0.1) is 4.90 Å². The number of aromatic nitrogens is 1. The molecule has 0 bridgehead atoms. The highest BCUT2D eigenvalue weighted by Crippen LogP contribution is 2.22. The lowest BCUT2D eigenvalue weighted by Gasteiger charge is -2.18. The Morgan fingerprint density at radius 3 is 2.70 bits per heavy atom. The molecule has 4 rings (SSSR count).